The van der Waals surface area contributed by atoms with Gasteiger partial charge in [0.05, 0.1) is 0 Å². The number of hydrogen-bond acceptors (Lipinski definition) is 2. The molecule has 0 aliphatic heterocycles. The lowest BCUT2D eigenvalue weighted by Crippen LogP contribution is -2.23. The molecule has 100 valence electrons. The van der Waals surface area contributed by atoms with Crippen molar-refractivity contribution in [2.45, 2.75) is 12.5 Å². The van der Waals surface area contributed by atoms with Crippen molar-refractivity contribution < 1.29 is 0 Å². The second-order valence-corrected chi connectivity index (χ2v) is 4.17. The monoisotopic (exact) mass is 254 g/mol. The van der Waals surface area contributed by atoms with E-state index in [4.69, 9.17) is 5.73 Å². The zero-order chi connectivity index (χ0) is 13.9. The maximum absolute atomic E-state index is 6.09. The van der Waals surface area contributed by atoms with E-state index in [1.165, 1.54) is 0 Å². The summed E-state index contributed by atoms with van der Waals surface area (Å²) in [6.45, 7) is 3.62. The summed E-state index contributed by atoms with van der Waals surface area (Å²) in [7, 11) is 1.94. The Morgan fingerprint density at radius 3 is 2.63 bits per heavy atom. The molecule has 0 bridgehead atoms. The number of nitrogens with two attached hydrogens (primary N) is 1. The van der Waals surface area contributed by atoms with Crippen LogP contribution in [-0.2, 0) is 0 Å². The van der Waals surface area contributed by atoms with E-state index >= 15 is 0 Å². The number of rotatable bonds is 7. The largest absolute Gasteiger partial charge is 0.398 e. The van der Waals surface area contributed by atoms with Gasteiger partial charge >= 0.3 is 0 Å². The van der Waals surface area contributed by atoms with E-state index in [1.54, 1.807) is 6.08 Å². The van der Waals surface area contributed by atoms with Crippen molar-refractivity contribution in [2.24, 2.45) is 5.73 Å². The molecule has 0 fully saturated rings. The zero-order valence-electron chi connectivity index (χ0n) is 11.4. The summed E-state index contributed by atoms with van der Waals surface area (Å²) in [5.41, 5.74) is 7.95. The van der Waals surface area contributed by atoms with Gasteiger partial charge in [0.2, 0.25) is 0 Å². The first kappa shape index (κ1) is 15.0. The standard InChI is InChI=1S/C17H22N2/c1-3-4-5-6-10-13-16(19-2)14-17(18)15-11-8-7-9-12-15/h3-12,14,16,19H,1,13,18H2,2H3/b5-4-,10-6-,17-14-. The second-order valence-electron chi connectivity index (χ2n) is 4.17. The lowest BCUT2D eigenvalue weighted by molar-refractivity contribution is 0.677. The Morgan fingerprint density at radius 1 is 1.26 bits per heavy atom. The molecule has 1 atom stereocenters. The molecule has 1 rings (SSSR count). The summed E-state index contributed by atoms with van der Waals surface area (Å²) < 4.78 is 0. The van der Waals surface area contributed by atoms with Crippen LogP contribution in [0.1, 0.15) is 12.0 Å². The van der Waals surface area contributed by atoms with E-state index in [0.717, 1.165) is 17.7 Å². The van der Waals surface area contributed by atoms with E-state index in [9.17, 15) is 0 Å². The zero-order valence-corrected chi connectivity index (χ0v) is 11.4. The molecular weight excluding hydrogens is 232 g/mol. The first-order valence-corrected chi connectivity index (χ1v) is 6.42. The third-order valence-corrected chi connectivity index (χ3v) is 2.74. The summed E-state index contributed by atoms with van der Waals surface area (Å²) >= 11 is 0. The van der Waals surface area contributed by atoms with Gasteiger partial charge in [-0.1, -0.05) is 67.3 Å². The average molecular weight is 254 g/mol. The van der Waals surface area contributed by atoms with Crippen molar-refractivity contribution >= 4 is 5.70 Å². The molecule has 19 heavy (non-hydrogen) atoms. The molecule has 2 nitrogen and oxygen atoms in total. The van der Waals surface area contributed by atoms with Gasteiger partial charge in [0.15, 0.2) is 0 Å². The molecule has 2 heteroatoms. The van der Waals surface area contributed by atoms with Crippen LogP contribution in [-0.4, -0.2) is 13.1 Å². The topological polar surface area (TPSA) is 38.0 Å². The highest BCUT2D eigenvalue weighted by molar-refractivity contribution is 5.62. The molecule has 0 radical (unpaired) electrons. The fourth-order valence-electron chi connectivity index (χ4n) is 1.66. The van der Waals surface area contributed by atoms with Gasteiger partial charge in [-0.2, -0.15) is 0 Å². The first-order chi connectivity index (χ1) is 9.27. The quantitative estimate of drug-likeness (QED) is 0.733. The average Bonchev–Trinajstić information content (AvgIpc) is 2.46. The lowest BCUT2D eigenvalue weighted by Gasteiger charge is -2.11. The fourth-order valence-corrected chi connectivity index (χ4v) is 1.66. The first-order valence-electron chi connectivity index (χ1n) is 6.42. The highest BCUT2D eigenvalue weighted by Gasteiger charge is 2.02. The van der Waals surface area contributed by atoms with Gasteiger partial charge in [-0.05, 0) is 25.1 Å². The minimum Gasteiger partial charge on any atom is -0.398 e. The smallest absolute Gasteiger partial charge is 0.0362 e. The Balaban J connectivity index is 2.63. The maximum atomic E-state index is 6.09. The molecule has 0 amide bonds. The predicted molar refractivity (Wildman–Crippen MR) is 84.5 cm³/mol. The van der Waals surface area contributed by atoms with E-state index in [2.05, 4.69) is 24.0 Å². The Hall–Kier alpha value is -2.06. The molecular formula is C17H22N2. The molecule has 0 heterocycles. The molecule has 0 saturated heterocycles. The normalized spacial score (nSPS) is 14.1. The molecule has 0 aliphatic carbocycles. The SMILES string of the molecule is C=C/C=C\C=C/CC(/C=C(\N)c1ccccc1)NC. The molecule has 1 aromatic carbocycles. The number of benzene rings is 1. The second kappa shape index (κ2) is 8.95. The van der Waals surface area contributed by atoms with Crippen LogP contribution >= 0.6 is 0 Å². The summed E-state index contributed by atoms with van der Waals surface area (Å²) in [5.74, 6) is 0. The summed E-state index contributed by atoms with van der Waals surface area (Å²) in [5, 5.41) is 3.24. The minimum atomic E-state index is 0.230. The molecule has 1 aromatic rings. The number of likely N-dealkylation sites (N-methyl/N-ethyl adjacent to an activating group) is 1. The van der Waals surface area contributed by atoms with Crippen molar-refractivity contribution in [2.75, 3.05) is 7.05 Å². The van der Waals surface area contributed by atoms with Crippen LogP contribution in [0.3, 0.4) is 0 Å². The lowest BCUT2D eigenvalue weighted by atomic mass is 10.1. The predicted octanol–water partition coefficient (Wildman–Crippen LogP) is 3.26. The van der Waals surface area contributed by atoms with Crippen LogP contribution < -0.4 is 11.1 Å². The van der Waals surface area contributed by atoms with Gasteiger partial charge in [-0.15, -0.1) is 0 Å². The Bertz CT molecular complexity index is 455. The van der Waals surface area contributed by atoms with Crippen LogP contribution in [0.15, 0.2) is 73.4 Å². The van der Waals surface area contributed by atoms with Crippen LogP contribution in [0.25, 0.3) is 5.70 Å². The molecule has 0 saturated carbocycles. The van der Waals surface area contributed by atoms with E-state index in [-0.39, 0.29) is 6.04 Å². The van der Waals surface area contributed by atoms with E-state index in [1.807, 2.05) is 55.6 Å². The van der Waals surface area contributed by atoms with Gasteiger partial charge in [-0.3, -0.25) is 0 Å². The van der Waals surface area contributed by atoms with E-state index < -0.39 is 0 Å². The summed E-state index contributed by atoms with van der Waals surface area (Å²) in [4.78, 5) is 0. The number of nitrogens with one attached hydrogen (secondary N) is 1. The van der Waals surface area contributed by atoms with Gasteiger partial charge in [-0.25, -0.2) is 0 Å². The Morgan fingerprint density at radius 2 is 2.00 bits per heavy atom. The molecule has 0 aliphatic rings. The summed E-state index contributed by atoms with van der Waals surface area (Å²) in [6, 6.07) is 10.2. The number of allylic oxidation sites excluding steroid dienone is 4. The molecule has 1 unspecified atom stereocenters. The van der Waals surface area contributed by atoms with Gasteiger partial charge in [0, 0.05) is 11.7 Å². The van der Waals surface area contributed by atoms with Gasteiger partial charge in [0.25, 0.3) is 0 Å². The van der Waals surface area contributed by atoms with Crippen LogP contribution in [0.5, 0.6) is 0 Å². The van der Waals surface area contributed by atoms with Crippen molar-refractivity contribution in [3.05, 3.63) is 78.9 Å². The third kappa shape index (κ3) is 5.89. The van der Waals surface area contributed by atoms with Crippen molar-refractivity contribution in [1.29, 1.82) is 0 Å². The highest BCUT2D eigenvalue weighted by atomic mass is 14.9. The van der Waals surface area contributed by atoms with Crippen LogP contribution in [0, 0.1) is 0 Å². The summed E-state index contributed by atoms with van der Waals surface area (Å²) in [6.07, 6.45) is 12.7. The third-order valence-electron chi connectivity index (χ3n) is 2.74. The van der Waals surface area contributed by atoms with Crippen molar-refractivity contribution in [3.63, 3.8) is 0 Å². The van der Waals surface area contributed by atoms with Gasteiger partial charge < -0.3 is 11.1 Å². The molecule has 3 N–H and O–H groups in total. The maximum Gasteiger partial charge on any atom is 0.0362 e. The molecule has 0 aromatic heterocycles. The van der Waals surface area contributed by atoms with Crippen molar-refractivity contribution in [1.82, 2.24) is 5.32 Å². The Kier molecular flexibility index (Phi) is 7.06. The van der Waals surface area contributed by atoms with Gasteiger partial charge in [0.1, 0.15) is 0 Å². The Labute approximate surface area is 116 Å². The van der Waals surface area contributed by atoms with Crippen LogP contribution in [0.2, 0.25) is 0 Å². The van der Waals surface area contributed by atoms with Crippen LogP contribution in [0.4, 0.5) is 0 Å². The minimum absolute atomic E-state index is 0.230. The van der Waals surface area contributed by atoms with Crippen molar-refractivity contribution in [3.8, 4) is 0 Å². The van der Waals surface area contributed by atoms with E-state index in [0.29, 0.717) is 0 Å². The highest BCUT2D eigenvalue weighted by Crippen LogP contribution is 2.10. The number of hydrogen-bond donors (Lipinski definition) is 2. The molecule has 0 spiro atoms. The fraction of sp³-hybridized carbons (Fsp3) is 0.176.